The number of nitrogen functional groups attached to an aromatic ring is 1. The highest BCUT2D eigenvalue weighted by atomic mass is 16.7. The van der Waals surface area contributed by atoms with Gasteiger partial charge >= 0.3 is 0 Å². The maximum absolute atomic E-state index is 10.7. The van der Waals surface area contributed by atoms with E-state index in [1.807, 2.05) is 0 Å². The summed E-state index contributed by atoms with van der Waals surface area (Å²) in [5.74, 6) is 2.19. The molecule has 1 heterocycles. The Bertz CT molecular complexity index is 686. The van der Waals surface area contributed by atoms with Gasteiger partial charge in [-0.2, -0.15) is 0 Å². The predicted octanol–water partition coefficient (Wildman–Crippen LogP) is 2.70. The monoisotopic (exact) mass is 274 g/mol. The molecule has 0 saturated carbocycles. The third-order valence-corrected chi connectivity index (χ3v) is 2.78. The molecule has 2 N–H and O–H groups in total. The number of hydrogen-bond acceptors (Lipinski definition) is 6. The van der Waals surface area contributed by atoms with Crippen LogP contribution in [0.4, 0.5) is 11.4 Å². The van der Waals surface area contributed by atoms with E-state index in [4.69, 9.17) is 19.9 Å². The lowest BCUT2D eigenvalue weighted by atomic mass is 10.2. The molecule has 0 atom stereocenters. The lowest BCUT2D eigenvalue weighted by molar-refractivity contribution is -0.383. The van der Waals surface area contributed by atoms with Crippen LogP contribution in [-0.4, -0.2) is 11.7 Å². The Morgan fingerprint density at radius 2 is 1.80 bits per heavy atom. The third kappa shape index (κ3) is 2.16. The summed E-state index contributed by atoms with van der Waals surface area (Å²) in [5.41, 5.74) is 5.50. The summed E-state index contributed by atoms with van der Waals surface area (Å²) in [6.07, 6.45) is 0. The second kappa shape index (κ2) is 4.61. The summed E-state index contributed by atoms with van der Waals surface area (Å²) >= 11 is 0. The van der Waals surface area contributed by atoms with Gasteiger partial charge in [-0.15, -0.1) is 0 Å². The van der Waals surface area contributed by atoms with E-state index in [1.54, 1.807) is 18.2 Å². The third-order valence-electron chi connectivity index (χ3n) is 2.78. The number of benzene rings is 2. The van der Waals surface area contributed by atoms with Crippen molar-refractivity contribution < 1.29 is 19.1 Å². The normalized spacial score (nSPS) is 12.2. The highest BCUT2D eigenvalue weighted by Crippen LogP contribution is 2.37. The molecule has 1 aliphatic heterocycles. The van der Waals surface area contributed by atoms with Crippen LogP contribution in [0.1, 0.15) is 0 Å². The maximum atomic E-state index is 10.7. The Morgan fingerprint density at radius 3 is 2.55 bits per heavy atom. The van der Waals surface area contributed by atoms with Gasteiger partial charge in [0.15, 0.2) is 11.5 Å². The van der Waals surface area contributed by atoms with Crippen LogP contribution in [-0.2, 0) is 0 Å². The number of nitro benzene ring substituents is 1. The molecule has 7 heteroatoms. The standard InChI is InChI=1S/C13H10N2O5/c14-10-5-8(1-3-11(10)15(16)17)20-9-2-4-12-13(6-9)19-7-18-12/h1-6H,7,14H2. The van der Waals surface area contributed by atoms with Crippen molar-refractivity contribution in [2.24, 2.45) is 0 Å². The summed E-state index contributed by atoms with van der Waals surface area (Å²) < 4.78 is 16.0. The number of nitrogens with zero attached hydrogens (tertiary/aromatic N) is 1. The molecule has 0 spiro atoms. The quantitative estimate of drug-likeness (QED) is 0.525. The fourth-order valence-electron chi connectivity index (χ4n) is 1.84. The second-order valence-corrected chi connectivity index (χ2v) is 4.09. The Morgan fingerprint density at radius 1 is 1.10 bits per heavy atom. The number of hydrogen-bond donors (Lipinski definition) is 1. The molecule has 20 heavy (non-hydrogen) atoms. The first-order chi connectivity index (χ1) is 9.63. The van der Waals surface area contributed by atoms with Crippen molar-refractivity contribution in [2.75, 3.05) is 12.5 Å². The number of ether oxygens (including phenoxy) is 3. The molecule has 2 aromatic rings. The molecule has 7 nitrogen and oxygen atoms in total. The molecule has 0 fully saturated rings. The molecule has 0 unspecified atom stereocenters. The zero-order valence-corrected chi connectivity index (χ0v) is 10.2. The molecule has 0 aromatic heterocycles. The molecule has 0 saturated heterocycles. The summed E-state index contributed by atoms with van der Waals surface area (Å²) in [6.45, 7) is 0.184. The van der Waals surface area contributed by atoms with Gasteiger partial charge in [-0.1, -0.05) is 0 Å². The molecule has 1 aliphatic rings. The van der Waals surface area contributed by atoms with Crippen molar-refractivity contribution >= 4 is 11.4 Å². The lowest BCUT2D eigenvalue weighted by Gasteiger charge is -2.07. The van der Waals surface area contributed by atoms with Gasteiger partial charge in [0.2, 0.25) is 6.79 Å². The molecule has 3 rings (SSSR count). The van der Waals surface area contributed by atoms with Crippen LogP contribution in [0, 0.1) is 10.1 Å². The van der Waals surface area contributed by atoms with Crippen LogP contribution in [0.15, 0.2) is 36.4 Å². The smallest absolute Gasteiger partial charge is 0.292 e. The minimum absolute atomic E-state index is 0.0493. The number of nitrogens with two attached hydrogens (primary N) is 1. The maximum Gasteiger partial charge on any atom is 0.292 e. The zero-order valence-electron chi connectivity index (χ0n) is 10.2. The summed E-state index contributed by atoms with van der Waals surface area (Å²) in [7, 11) is 0. The Hall–Kier alpha value is -2.96. The SMILES string of the molecule is Nc1cc(Oc2ccc3c(c2)OCO3)ccc1[N+](=O)[O-]. The molecule has 0 radical (unpaired) electrons. The first-order valence-corrected chi connectivity index (χ1v) is 5.75. The molecular formula is C13H10N2O5. The summed E-state index contributed by atoms with van der Waals surface area (Å²) in [4.78, 5) is 10.1. The molecule has 2 aromatic carbocycles. The summed E-state index contributed by atoms with van der Waals surface area (Å²) in [5, 5.41) is 10.7. The van der Waals surface area contributed by atoms with E-state index in [1.165, 1.54) is 18.2 Å². The van der Waals surface area contributed by atoms with Crippen molar-refractivity contribution in [1.82, 2.24) is 0 Å². The minimum atomic E-state index is -0.542. The van der Waals surface area contributed by atoms with E-state index in [0.717, 1.165) is 0 Å². The van der Waals surface area contributed by atoms with E-state index in [9.17, 15) is 10.1 Å². The first-order valence-electron chi connectivity index (χ1n) is 5.75. The van der Waals surface area contributed by atoms with Crippen molar-refractivity contribution in [3.05, 3.63) is 46.5 Å². The van der Waals surface area contributed by atoms with Gasteiger partial charge < -0.3 is 19.9 Å². The Balaban J connectivity index is 1.84. The largest absolute Gasteiger partial charge is 0.457 e. The van der Waals surface area contributed by atoms with Gasteiger partial charge in [0, 0.05) is 18.2 Å². The average molecular weight is 274 g/mol. The minimum Gasteiger partial charge on any atom is -0.457 e. The van der Waals surface area contributed by atoms with E-state index >= 15 is 0 Å². The van der Waals surface area contributed by atoms with E-state index in [0.29, 0.717) is 23.0 Å². The average Bonchev–Trinajstić information content (AvgIpc) is 2.85. The summed E-state index contributed by atoms with van der Waals surface area (Å²) in [6, 6.07) is 9.32. The van der Waals surface area contributed by atoms with Gasteiger partial charge in [0.25, 0.3) is 5.69 Å². The van der Waals surface area contributed by atoms with Crippen LogP contribution in [0.3, 0.4) is 0 Å². The van der Waals surface area contributed by atoms with Crippen LogP contribution in [0.25, 0.3) is 0 Å². The fraction of sp³-hybridized carbons (Fsp3) is 0.0769. The van der Waals surface area contributed by atoms with Gasteiger partial charge in [0.1, 0.15) is 17.2 Å². The molecule has 0 bridgehead atoms. The van der Waals surface area contributed by atoms with Crippen LogP contribution >= 0.6 is 0 Å². The Kier molecular flexibility index (Phi) is 2.79. The second-order valence-electron chi connectivity index (χ2n) is 4.09. The highest BCUT2D eigenvalue weighted by Gasteiger charge is 2.15. The van der Waals surface area contributed by atoms with Crippen molar-refractivity contribution in [2.45, 2.75) is 0 Å². The number of anilines is 1. The van der Waals surface area contributed by atoms with Gasteiger partial charge in [-0.3, -0.25) is 10.1 Å². The molecule has 102 valence electrons. The number of fused-ring (bicyclic) bond motifs is 1. The number of rotatable bonds is 3. The first kappa shape index (κ1) is 12.1. The van der Waals surface area contributed by atoms with Crippen molar-refractivity contribution in [3.8, 4) is 23.0 Å². The molecule has 0 amide bonds. The number of nitro groups is 1. The van der Waals surface area contributed by atoms with Crippen molar-refractivity contribution in [3.63, 3.8) is 0 Å². The lowest BCUT2D eigenvalue weighted by Crippen LogP contribution is -1.96. The van der Waals surface area contributed by atoms with Crippen LogP contribution in [0.5, 0.6) is 23.0 Å². The van der Waals surface area contributed by atoms with Crippen LogP contribution < -0.4 is 19.9 Å². The highest BCUT2D eigenvalue weighted by molar-refractivity contribution is 5.61. The van der Waals surface area contributed by atoms with E-state index in [-0.39, 0.29) is 18.2 Å². The predicted molar refractivity (Wildman–Crippen MR) is 70.1 cm³/mol. The fourth-order valence-corrected chi connectivity index (χ4v) is 1.84. The topological polar surface area (TPSA) is 96.9 Å². The van der Waals surface area contributed by atoms with Gasteiger partial charge in [-0.05, 0) is 18.2 Å². The van der Waals surface area contributed by atoms with E-state index < -0.39 is 4.92 Å². The van der Waals surface area contributed by atoms with Gasteiger partial charge in [-0.25, -0.2) is 0 Å². The van der Waals surface area contributed by atoms with E-state index in [2.05, 4.69) is 0 Å². The van der Waals surface area contributed by atoms with Crippen molar-refractivity contribution in [1.29, 1.82) is 0 Å². The molecular weight excluding hydrogens is 264 g/mol. The zero-order chi connectivity index (χ0) is 14.1. The van der Waals surface area contributed by atoms with Gasteiger partial charge in [0.05, 0.1) is 4.92 Å². The van der Waals surface area contributed by atoms with Crippen LogP contribution in [0.2, 0.25) is 0 Å². The molecule has 0 aliphatic carbocycles. The Labute approximate surface area is 113 Å².